The summed E-state index contributed by atoms with van der Waals surface area (Å²) in [5.74, 6) is 0.850. The maximum atomic E-state index is 12.7. The zero-order valence-corrected chi connectivity index (χ0v) is 17.5. The number of ether oxygens (including phenoxy) is 3. The van der Waals surface area contributed by atoms with E-state index in [2.05, 4.69) is 0 Å². The Labute approximate surface area is 174 Å². The quantitative estimate of drug-likeness (QED) is 0.476. The van der Waals surface area contributed by atoms with Crippen molar-refractivity contribution in [2.24, 2.45) is 0 Å². The van der Waals surface area contributed by atoms with E-state index in [1.807, 2.05) is 37.3 Å². The van der Waals surface area contributed by atoms with Gasteiger partial charge < -0.3 is 14.2 Å². The van der Waals surface area contributed by atoms with Gasteiger partial charge in [0.1, 0.15) is 6.61 Å². The molecule has 152 valence electrons. The van der Waals surface area contributed by atoms with Crippen LogP contribution in [0.5, 0.6) is 11.5 Å². The Hall–Kier alpha value is -2.77. The third kappa shape index (κ3) is 5.19. The molecule has 7 heteroatoms. The van der Waals surface area contributed by atoms with Gasteiger partial charge in [0.05, 0.1) is 25.2 Å². The van der Waals surface area contributed by atoms with Gasteiger partial charge in [-0.05, 0) is 48.0 Å². The minimum absolute atomic E-state index is 0.262. The fraction of sp³-hybridized carbons (Fsp3) is 0.273. The van der Waals surface area contributed by atoms with Crippen molar-refractivity contribution >= 4 is 29.0 Å². The summed E-state index contributed by atoms with van der Waals surface area (Å²) in [4.78, 5) is 26.7. The lowest BCUT2D eigenvalue weighted by Gasteiger charge is -2.12. The molecule has 2 aromatic carbocycles. The predicted octanol–water partition coefficient (Wildman–Crippen LogP) is 4.27. The normalized spacial score (nSPS) is 15.3. The highest BCUT2D eigenvalue weighted by Gasteiger charge is 2.35. The maximum Gasteiger partial charge on any atom is 0.293 e. The summed E-state index contributed by atoms with van der Waals surface area (Å²) in [6, 6.07) is 13.1. The number of aryl methyl sites for hydroxylation is 1. The molecule has 0 radical (unpaired) electrons. The van der Waals surface area contributed by atoms with Crippen LogP contribution in [0.15, 0.2) is 47.4 Å². The molecule has 6 nitrogen and oxygen atoms in total. The smallest absolute Gasteiger partial charge is 0.293 e. The highest BCUT2D eigenvalue weighted by Crippen LogP contribution is 2.35. The van der Waals surface area contributed by atoms with Crippen LogP contribution in [0.3, 0.4) is 0 Å². The maximum absolute atomic E-state index is 12.7. The Bertz CT molecular complexity index is 923. The van der Waals surface area contributed by atoms with Crippen LogP contribution in [-0.2, 0) is 16.1 Å². The number of hydrogen-bond donors (Lipinski definition) is 0. The van der Waals surface area contributed by atoms with Crippen LogP contribution in [0.1, 0.15) is 16.7 Å². The minimum Gasteiger partial charge on any atom is -0.493 e. The molecule has 0 N–H and O–H groups in total. The van der Waals surface area contributed by atoms with E-state index in [4.69, 9.17) is 14.2 Å². The molecule has 3 rings (SSSR count). The van der Waals surface area contributed by atoms with Gasteiger partial charge in [0, 0.05) is 7.11 Å². The highest BCUT2D eigenvalue weighted by atomic mass is 32.2. The van der Waals surface area contributed by atoms with E-state index in [1.165, 1.54) is 4.90 Å². The molecule has 29 heavy (non-hydrogen) atoms. The predicted molar refractivity (Wildman–Crippen MR) is 113 cm³/mol. The molecule has 0 spiro atoms. The number of nitrogens with zero attached hydrogens (tertiary/aromatic N) is 1. The van der Waals surface area contributed by atoms with Crippen LogP contribution in [0.25, 0.3) is 6.08 Å². The van der Waals surface area contributed by atoms with Gasteiger partial charge in [-0.15, -0.1) is 0 Å². The van der Waals surface area contributed by atoms with Crippen LogP contribution in [0, 0.1) is 6.92 Å². The van der Waals surface area contributed by atoms with E-state index in [0.717, 1.165) is 28.5 Å². The van der Waals surface area contributed by atoms with Gasteiger partial charge in [-0.25, -0.2) is 0 Å². The summed E-state index contributed by atoms with van der Waals surface area (Å²) in [6.07, 6.45) is 1.70. The van der Waals surface area contributed by atoms with Gasteiger partial charge in [0.2, 0.25) is 0 Å². The van der Waals surface area contributed by atoms with Crippen molar-refractivity contribution in [3.05, 3.63) is 64.1 Å². The Morgan fingerprint density at radius 2 is 1.76 bits per heavy atom. The van der Waals surface area contributed by atoms with Gasteiger partial charge in [-0.2, -0.15) is 0 Å². The summed E-state index contributed by atoms with van der Waals surface area (Å²) in [7, 11) is 3.16. The number of imide groups is 1. The number of amides is 2. The summed E-state index contributed by atoms with van der Waals surface area (Å²) < 4.78 is 16.0. The largest absolute Gasteiger partial charge is 0.493 e. The van der Waals surface area contributed by atoms with E-state index in [9.17, 15) is 9.59 Å². The summed E-state index contributed by atoms with van der Waals surface area (Å²) in [5, 5.41) is -0.270. The first-order valence-corrected chi connectivity index (χ1v) is 9.94. The molecule has 0 unspecified atom stereocenters. The molecular weight excluding hydrogens is 390 g/mol. The van der Waals surface area contributed by atoms with Crippen LogP contribution in [0.4, 0.5) is 4.79 Å². The molecule has 1 heterocycles. The van der Waals surface area contributed by atoms with Crippen LogP contribution < -0.4 is 9.47 Å². The monoisotopic (exact) mass is 413 g/mol. The average molecular weight is 413 g/mol. The standard InChI is InChI=1S/C22H23NO5S/c1-15-4-6-16(7-5-15)14-23-21(24)20(29-22(23)25)13-17-8-9-18(19(12-17)27-3)28-11-10-26-2/h4-9,12-13H,10-11,14H2,1-3H3/b20-13-. The molecular formula is C22H23NO5S. The first-order valence-electron chi connectivity index (χ1n) is 9.12. The Morgan fingerprint density at radius 3 is 2.45 bits per heavy atom. The molecule has 0 saturated carbocycles. The van der Waals surface area contributed by atoms with E-state index < -0.39 is 0 Å². The summed E-state index contributed by atoms with van der Waals surface area (Å²) in [6.45, 7) is 3.13. The fourth-order valence-corrected chi connectivity index (χ4v) is 3.63. The molecule has 0 aliphatic carbocycles. The first-order chi connectivity index (χ1) is 14.0. The molecule has 2 aromatic rings. The molecule has 1 aliphatic heterocycles. The minimum atomic E-state index is -0.292. The number of methoxy groups -OCH3 is 2. The summed E-state index contributed by atoms with van der Waals surface area (Å²) in [5.41, 5.74) is 2.80. The molecule has 2 amide bonds. The van der Waals surface area contributed by atoms with E-state index in [-0.39, 0.29) is 17.7 Å². The number of rotatable bonds is 8. The van der Waals surface area contributed by atoms with Crippen molar-refractivity contribution in [1.82, 2.24) is 4.90 Å². The molecule has 0 bridgehead atoms. The first kappa shape index (κ1) is 21.0. The van der Waals surface area contributed by atoms with Crippen LogP contribution in [0.2, 0.25) is 0 Å². The van der Waals surface area contributed by atoms with Crippen molar-refractivity contribution in [1.29, 1.82) is 0 Å². The Kier molecular flexibility index (Phi) is 6.95. The number of carbonyl (C=O) groups is 2. The van der Waals surface area contributed by atoms with Crippen molar-refractivity contribution in [2.75, 3.05) is 27.4 Å². The van der Waals surface area contributed by atoms with Crippen LogP contribution in [-0.4, -0.2) is 43.5 Å². The molecule has 1 saturated heterocycles. The second kappa shape index (κ2) is 9.62. The van der Waals surface area contributed by atoms with Gasteiger partial charge in [-0.1, -0.05) is 35.9 Å². The zero-order valence-electron chi connectivity index (χ0n) is 16.6. The lowest BCUT2D eigenvalue weighted by atomic mass is 10.1. The third-order valence-electron chi connectivity index (χ3n) is 4.37. The van der Waals surface area contributed by atoms with Gasteiger partial charge in [0.15, 0.2) is 11.5 Å². The van der Waals surface area contributed by atoms with E-state index in [1.54, 1.807) is 32.4 Å². The Balaban J connectivity index is 1.75. The van der Waals surface area contributed by atoms with Crippen LogP contribution >= 0.6 is 11.8 Å². The van der Waals surface area contributed by atoms with Crippen molar-refractivity contribution in [3.8, 4) is 11.5 Å². The van der Waals surface area contributed by atoms with Gasteiger partial charge in [0.25, 0.3) is 11.1 Å². The molecule has 1 aliphatic rings. The number of thioether (sulfide) groups is 1. The zero-order chi connectivity index (χ0) is 20.8. The van der Waals surface area contributed by atoms with Gasteiger partial charge >= 0.3 is 0 Å². The van der Waals surface area contributed by atoms with Crippen molar-refractivity contribution < 1.29 is 23.8 Å². The fourth-order valence-electron chi connectivity index (χ4n) is 2.79. The SMILES string of the molecule is COCCOc1ccc(/C=C2\SC(=O)N(Cc3ccc(C)cc3)C2=O)cc1OC. The molecule has 0 aromatic heterocycles. The average Bonchev–Trinajstić information content (AvgIpc) is 2.98. The van der Waals surface area contributed by atoms with Gasteiger partial charge in [-0.3, -0.25) is 14.5 Å². The second-order valence-electron chi connectivity index (χ2n) is 6.51. The lowest BCUT2D eigenvalue weighted by molar-refractivity contribution is -0.123. The van der Waals surface area contributed by atoms with Crippen molar-refractivity contribution in [2.45, 2.75) is 13.5 Å². The summed E-state index contributed by atoms with van der Waals surface area (Å²) >= 11 is 0.943. The van der Waals surface area contributed by atoms with E-state index in [0.29, 0.717) is 29.6 Å². The lowest BCUT2D eigenvalue weighted by Crippen LogP contribution is -2.27. The number of hydrogen-bond acceptors (Lipinski definition) is 6. The number of carbonyl (C=O) groups excluding carboxylic acids is 2. The Morgan fingerprint density at radius 1 is 1.00 bits per heavy atom. The third-order valence-corrected chi connectivity index (χ3v) is 5.27. The second-order valence-corrected chi connectivity index (χ2v) is 7.50. The number of benzene rings is 2. The molecule has 0 atom stereocenters. The van der Waals surface area contributed by atoms with Crippen molar-refractivity contribution in [3.63, 3.8) is 0 Å². The van der Waals surface area contributed by atoms with E-state index >= 15 is 0 Å². The molecule has 1 fully saturated rings. The highest BCUT2D eigenvalue weighted by molar-refractivity contribution is 8.18. The topological polar surface area (TPSA) is 65.1 Å².